The van der Waals surface area contributed by atoms with E-state index in [0.717, 1.165) is 31.4 Å². The molecule has 1 aromatic rings. The highest BCUT2D eigenvalue weighted by Gasteiger charge is 2.18. The minimum atomic E-state index is -0.121. The Bertz CT molecular complexity index is 403. The molecule has 0 unspecified atom stereocenters. The third-order valence-electron chi connectivity index (χ3n) is 3.23. The number of nitrogens with zero attached hydrogens (tertiary/aromatic N) is 1. The first kappa shape index (κ1) is 12.7. The lowest BCUT2D eigenvalue weighted by atomic mass is 9.93. The van der Waals surface area contributed by atoms with Gasteiger partial charge >= 0.3 is 0 Å². The van der Waals surface area contributed by atoms with Crippen LogP contribution in [0.15, 0.2) is 24.3 Å². The van der Waals surface area contributed by atoms with Gasteiger partial charge in [-0.05, 0) is 49.9 Å². The Morgan fingerprint density at radius 1 is 1.22 bits per heavy atom. The highest BCUT2D eigenvalue weighted by molar-refractivity contribution is 5.47. The molecule has 0 aromatic heterocycles. The molecule has 0 atom stereocenters. The predicted octanol–water partition coefficient (Wildman–Crippen LogP) is 2.30. The van der Waals surface area contributed by atoms with Crippen LogP contribution in [0.3, 0.4) is 0 Å². The van der Waals surface area contributed by atoms with Gasteiger partial charge < -0.3 is 15.2 Å². The van der Waals surface area contributed by atoms with Gasteiger partial charge in [-0.1, -0.05) is 0 Å². The van der Waals surface area contributed by atoms with Crippen molar-refractivity contribution in [2.24, 2.45) is 0 Å². The molecule has 0 saturated heterocycles. The van der Waals surface area contributed by atoms with Crippen molar-refractivity contribution in [3.05, 3.63) is 24.3 Å². The summed E-state index contributed by atoms with van der Waals surface area (Å²) in [5.74, 6) is 0.709. The molecule has 0 aliphatic heterocycles. The molecule has 2 N–H and O–H groups in total. The van der Waals surface area contributed by atoms with Gasteiger partial charge in [0.25, 0.3) is 0 Å². The van der Waals surface area contributed by atoms with E-state index in [9.17, 15) is 5.11 Å². The van der Waals surface area contributed by atoms with Crippen molar-refractivity contribution in [2.75, 3.05) is 11.9 Å². The van der Waals surface area contributed by atoms with Gasteiger partial charge in [0.15, 0.2) is 6.61 Å². The largest absolute Gasteiger partial charge is 0.479 e. The summed E-state index contributed by atoms with van der Waals surface area (Å²) in [6, 6.07) is 10.0. The summed E-state index contributed by atoms with van der Waals surface area (Å²) in [6.45, 7) is 0.0767. The molecule has 4 nitrogen and oxygen atoms in total. The Kier molecular flexibility index (Phi) is 4.43. The van der Waals surface area contributed by atoms with Crippen molar-refractivity contribution < 1.29 is 9.84 Å². The SMILES string of the molecule is N#CCOc1ccc(NC2CCC(O)CC2)cc1. The number of aliphatic hydroxyl groups is 1. The maximum atomic E-state index is 9.44. The number of benzene rings is 1. The molecular weight excluding hydrogens is 228 g/mol. The monoisotopic (exact) mass is 246 g/mol. The Morgan fingerprint density at radius 2 is 1.89 bits per heavy atom. The van der Waals surface area contributed by atoms with Gasteiger partial charge in [0.05, 0.1) is 6.10 Å². The van der Waals surface area contributed by atoms with Gasteiger partial charge in [0, 0.05) is 11.7 Å². The molecule has 18 heavy (non-hydrogen) atoms. The van der Waals surface area contributed by atoms with E-state index in [2.05, 4.69) is 5.32 Å². The van der Waals surface area contributed by atoms with Gasteiger partial charge in [0.1, 0.15) is 11.8 Å². The summed E-state index contributed by atoms with van der Waals surface area (Å²) in [6.07, 6.45) is 3.65. The smallest absolute Gasteiger partial charge is 0.174 e. The average molecular weight is 246 g/mol. The summed E-state index contributed by atoms with van der Waals surface area (Å²) in [4.78, 5) is 0. The van der Waals surface area contributed by atoms with E-state index in [1.54, 1.807) is 0 Å². The van der Waals surface area contributed by atoms with Crippen LogP contribution >= 0.6 is 0 Å². The Hall–Kier alpha value is -1.73. The quantitative estimate of drug-likeness (QED) is 0.855. The fourth-order valence-corrected chi connectivity index (χ4v) is 2.22. The molecule has 1 aliphatic rings. The lowest BCUT2D eigenvalue weighted by Crippen LogP contribution is -2.28. The zero-order valence-corrected chi connectivity index (χ0v) is 10.3. The molecule has 1 fully saturated rings. The lowest BCUT2D eigenvalue weighted by Gasteiger charge is -2.27. The highest BCUT2D eigenvalue weighted by Crippen LogP contribution is 2.23. The van der Waals surface area contributed by atoms with Gasteiger partial charge in [0.2, 0.25) is 0 Å². The number of ether oxygens (including phenoxy) is 1. The Morgan fingerprint density at radius 3 is 2.50 bits per heavy atom. The number of nitriles is 1. The van der Waals surface area contributed by atoms with Crippen LogP contribution in [0.1, 0.15) is 25.7 Å². The molecule has 0 spiro atoms. The van der Waals surface area contributed by atoms with Gasteiger partial charge in [-0.3, -0.25) is 0 Å². The standard InChI is InChI=1S/C14H18N2O2/c15-9-10-18-14-7-3-12(4-8-14)16-11-1-5-13(17)6-2-11/h3-4,7-8,11,13,16-17H,1-2,5-6,10H2. The van der Waals surface area contributed by atoms with Gasteiger partial charge in [-0.2, -0.15) is 5.26 Å². The van der Waals surface area contributed by atoms with Crippen LogP contribution in [0.4, 0.5) is 5.69 Å². The van der Waals surface area contributed by atoms with E-state index in [1.165, 1.54) is 0 Å². The lowest BCUT2D eigenvalue weighted by molar-refractivity contribution is 0.126. The van der Waals surface area contributed by atoms with Crippen molar-refractivity contribution in [3.63, 3.8) is 0 Å². The average Bonchev–Trinajstić information content (AvgIpc) is 2.41. The first-order valence-electron chi connectivity index (χ1n) is 6.32. The second-order valence-electron chi connectivity index (χ2n) is 4.62. The van der Waals surface area contributed by atoms with E-state index in [0.29, 0.717) is 11.8 Å². The second kappa shape index (κ2) is 6.27. The predicted molar refractivity (Wildman–Crippen MR) is 69.4 cm³/mol. The minimum Gasteiger partial charge on any atom is -0.479 e. The van der Waals surface area contributed by atoms with Gasteiger partial charge in [-0.15, -0.1) is 0 Å². The van der Waals surface area contributed by atoms with Crippen molar-refractivity contribution in [3.8, 4) is 11.8 Å². The molecule has 0 bridgehead atoms. The van der Waals surface area contributed by atoms with Crippen LogP contribution in [0.2, 0.25) is 0 Å². The first-order valence-corrected chi connectivity index (χ1v) is 6.32. The minimum absolute atomic E-state index is 0.0767. The van der Waals surface area contributed by atoms with Crippen LogP contribution in [0.25, 0.3) is 0 Å². The molecule has 2 rings (SSSR count). The van der Waals surface area contributed by atoms with E-state index < -0.39 is 0 Å². The number of anilines is 1. The van der Waals surface area contributed by atoms with Crippen LogP contribution in [-0.4, -0.2) is 23.9 Å². The number of hydrogen-bond donors (Lipinski definition) is 2. The molecule has 1 aliphatic carbocycles. The van der Waals surface area contributed by atoms with Gasteiger partial charge in [-0.25, -0.2) is 0 Å². The fourth-order valence-electron chi connectivity index (χ4n) is 2.22. The van der Waals surface area contributed by atoms with Crippen molar-refractivity contribution in [1.82, 2.24) is 0 Å². The summed E-state index contributed by atoms with van der Waals surface area (Å²) < 4.78 is 5.19. The van der Waals surface area contributed by atoms with Crippen LogP contribution in [-0.2, 0) is 0 Å². The van der Waals surface area contributed by atoms with Crippen molar-refractivity contribution in [1.29, 1.82) is 5.26 Å². The van der Waals surface area contributed by atoms with Crippen LogP contribution in [0.5, 0.6) is 5.75 Å². The maximum absolute atomic E-state index is 9.44. The Balaban J connectivity index is 1.84. The summed E-state index contributed by atoms with van der Waals surface area (Å²) >= 11 is 0. The molecule has 1 saturated carbocycles. The van der Waals surface area contributed by atoms with Crippen LogP contribution < -0.4 is 10.1 Å². The fraction of sp³-hybridized carbons (Fsp3) is 0.500. The van der Waals surface area contributed by atoms with Crippen LogP contribution in [0, 0.1) is 11.3 Å². The molecule has 1 aromatic carbocycles. The van der Waals surface area contributed by atoms with Crippen molar-refractivity contribution in [2.45, 2.75) is 37.8 Å². The zero-order chi connectivity index (χ0) is 12.8. The summed E-state index contributed by atoms with van der Waals surface area (Å²) in [5.41, 5.74) is 1.06. The molecular formula is C14H18N2O2. The molecule has 0 amide bonds. The number of nitrogens with one attached hydrogen (secondary N) is 1. The van der Waals surface area contributed by atoms with E-state index >= 15 is 0 Å². The Labute approximate surface area is 107 Å². The summed E-state index contributed by atoms with van der Waals surface area (Å²) in [5, 5.41) is 21.3. The maximum Gasteiger partial charge on any atom is 0.174 e. The zero-order valence-electron chi connectivity index (χ0n) is 10.3. The second-order valence-corrected chi connectivity index (χ2v) is 4.62. The number of aliphatic hydroxyl groups excluding tert-OH is 1. The normalized spacial score (nSPS) is 23.1. The molecule has 4 heteroatoms. The first-order chi connectivity index (χ1) is 8.78. The van der Waals surface area contributed by atoms with Crippen molar-refractivity contribution >= 4 is 5.69 Å². The highest BCUT2D eigenvalue weighted by atomic mass is 16.5. The van der Waals surface area contributed by atoms with E-state index in [-0.39, 0.29) is 12.7 Å². The van der Waals surface area contributed by atoms with E-state index in [4.69, 9.17) is 10.00 Å². The third-order valence-corrected chi connectivity index (χ3v) is 3.23. The summed E-state index contributed by atoms with van der Waals surface area (Å²) in [7, 11) is 0. The number of hydrogen-bond acceptors (Lipinski definition) is 4. The topological polar surface area (TPSA) is 65.3 Å². The van der Waals surface area contributed by atoms with E-state index in [1.807, 2.05) is 30.3 Å². The molecule has 96 valence electrons. The number of rotatable bonds is 4. The third kappa shape index (κ3) is 3.64. The molecule has 0 radical (unpaired) electrons. The molecule has 0 heterocycles.